The first-order chi connectivity index (χ1) is 11.1. The molecule has 0 bridgehead atoms. The number of unbranched alkanes of at least 4 members (excludes halogenated alkanes) is 1. The zero-order valence-corrected chi connectivity index (χ0v) is 15.7. The fourth-order valence-electron chi connectivity index (χ4n) is 2.19. The second-order valence-corrected chi connectivity index (χ2v) is 7.58. The normalized spacial score (nSPS) is 14.1. The van der Waals surface area contributed by atoms with Crippen molar-refractivity contribution in [3.05, 3.63) is 28.8 Å². The first-order valence-corrected chi connectivity index (χ1v) is 8.70. The fraction of sp³-hybridized carbons (Fsp3) is 0.611. The third-order valence-corrected chi connectivity index (χ3v) is 3.77. The molecule has 136 valence electrons. The lowest BCUT2D eigenvalue weighted by Gasteiger charge is -2.27. The number of carbonyl (C=O) groups is 1. The lowest BCUT2D eigenvalue weighted by molar-refractivity contribution is 0.0142. The minimum atomic E-state index is -0.883. The molecule has 0 radical (unpaired) electrons. The Hall–Kier alpha value is -1.30. The molecule has 24 heavy (non-hydrogen) atoms. The maximum atomic E-state index is 12.0. The monoisotopic (exact) mass is 356 g/mol. The molecule has 2 unspecified atom stereocenters. The highest BCUT2D eigenvalue weighted by Crippen LogP contribution is 2.28. The van der Waals surface area contributed by atoms with Crippen LogP contribution in [0.5, 0.6) is 5.75 Å². The van der Waals surface area contributed by atoms with Crippen molar-refractivity contribution in [3.8, 4) is 5.75 Å². The fourth-order valence-corrected chi connectivity index (χ4v) is 2.41. The van der Waals surface area contributed by atoms with E-state index < -0.39 is 12.3 Å². The summed E-state index contributed by atoms with van der Waals surface area (Å²) in [5.41, 5.74) is 6.29. The van der Waals surface area contributed by atoms with E-state index in [9.17, 15) is 9.90 Å². The second kappa shape index (κ2) is 9.25. The third kappa shape index (κ3) is 7.07. The SMILES string of the molecule is CCCCNC(=O)c1ccc(OC(N)C(O)CC(C)(C)C)c(Cl)c1. The second-order valence-electron chi connectivity index (χ2n) is 7.17. The van der Waals surface area contributed by atoms with Gasteiger partial charge in [0.1, 0.15) is 11.9 Å². The number of nitrogens with two attached hydrogens (primary N) is 1. The first-order valence-electron chi connectivity index (χ1n) is 8.32. The predicted molar refractivity (Wildman–Crippen MR) is 97.4 cm³/mol. The number of aliphatic hydroxyl groups excluding tert-OH is 1. The molecular weight excluding hydrogens is 328 g/mol. The van der Waals surface area contributed by atoms with Crippen molar-refractivity contribution < 1.29 is 14.6 Å². The summed E-state index contributed by atoms with van der Waals surface area (Å²) in [4.78, 5) is 12.0. The molecule has 0 fully saturated rings. The molecule has 0 spiro atoms. The van der Waals surface area contributed by atoms with Gasteiger partial charge in [-0.2, -0.15) is 0 Å². The molecule has 5 nitrogen and oxygen atoms in total. The third-order valence-electron chi connectivity index (χ3n) is 3.47. The highest BCUT2D eigenvalue weighted by Gasteiger charge is 2.24. The minimum Gasteiger partial charge on any atom is -0.471 e. The number of ether oxygens (including phenoxy) is 1. The standard InChI is InChI=1S/C18H29ClN2O3/c1-5-6-9-21-17(23)12-7-8-15(13(19)10-12)24-16(20)14(22)11-18(2,3)4/h7-8,10,14,16,22H,5-6,9,11,20H2,1-4H3,(H,21,23). The molecule has 0 aliphatic carbocycles. The van der Waals surface area contributed by atoms with Gasteiger partial charge in [-0.25, -0.2) is 0 Å². The number of hydrogen-bond acceptors (Lipinski definition) is 4. The number of rotatable bonds is 8. The molecule has 0 aliphatic rings. The largest absolute Gasteiger partial charge is 0.471 e. The van der Waals surface area contributed by atoms with E-state index in [0.29, 0.717) is 24.3 Å². The molecule has 0 aromatic heterocycles. The summed E-state index contributed by atoms with van der Waals surface area (Å²) in [7, 11) is 0. The van der Waals surface area contributed by atoms with E-state index >= 15 is 0 Å². The smallest absolute Gasteiger partial charge is 0.251 e. The Morgan fingerprint density at radius 3 is 2.62 bits per heavy atom. The summed E-state index contributed by atoms with van der Waals surface area (Å²) in [5.74, 6) is 0.177. The molecule has 0 saturated heterocycles. The lowest BCUT2D eigenvalue weighted by atomic mass is 9.89. The van der Waals surface area contributed by atoms with Crippen LogP contribution >= 0.6 is 11.6 Å². The first kappa shape index (κ1) is 20.7. The Balaban J connectivity index is 2.69. The highest BCUT2D eigenvalue weighted by molar-refractivity contribution is 6.32. The van der Waals surface area contributed by atoms with Crippen molar-refractivity contribution >= 4 is 17.5 Å². The number of nitrogens with one attached hydrogen (secondary N) is 1. The van der Waals surface area contributed by atoms with Crippen molar-refractivity contribution in [1.29, 1.82) is 0 Å². The van der Waals surface area contributed by atoms with Crippen molar-refractivity contribution in [2.45, 2.75) is 59.3 Å². The maximum absolute atomic E-state index is 12.0. The van der Waals surface area contributed by atoms with Gasteiger partial charge in [-0.1, -0.05) is 45.7 Å². The summed E-state index contributed by atoms with van der Waals surface area (Å²) in [6.45, 7) is 8.74. The summed E-state index contributed by atoms with van der Waals surface area (Å²) >= 11 is 6.17. The van der Waals surface area contributed by atoms with Gasteiger partial charge in [0.25, 0.3) is 5.91 Å². The van der Waals surface area contributed by atoms with Crippen molar-refractivity contribution in [1.82, 2.24) is 5.32 Å². The van der Waals surface area contributed by atoms with E-state index in [-0.39, 0.29) is 16.3 Å². The van der Waals surface area contributed by atoms with E-state index in [1.165, 1.54) is 0 Å². The maximum Gasteiger partial charge on any atom is 0.251 e. The van der Waals surface area contributed by atoms with Crippen LogP contribution in [0, 0.1) is 5.41 Å². The van der Waals surface area contributed by atoms with Crippen molar-refractivity contribution in [3.63, 3.8) is 0 Å². The Morgan fingerprint density at radius 2 is 2.08 bits per heavy atom. The van der Waals surface area contributed by atoms with E-state index in [1.807, 2.05) is 20.8 Å². The van der Waals surface area contributed by atoms with Gasteiger partial charge in [-0.05, 0) is 36.5 Å². The number of aliphatic hydroxyl groups is 1. The molecule has 1 amide bonds. The quantitative estimate of drug-likeness (QED) is 0.492. The van der Waals surface area contributed by atoms with Gasteiger partial charge in [0.15, 0.2) is 6.23 Å². The lowest BCUT2D eigenvalue weighted by Crippen LogP contribution is -2.41. The highest BCUT2D eigenvalue weighted by atomic mass is 35.5. The van der Waals surface area contributed by atoms with Crippen LogP contribution in [0.25, 0.3) is 0 Å². The van der Waals surface area contributed by atoms with Crippen molar-refractivity contribution in [2.75, 3.05) is 6.54 Å². The Bertz CT molecular complexity index is 544. The van der Waals surface area contributed by atoms with Crippen LogP contribution in [0.3, 0.4) is 0 Å². The molecule has 4 N–H and O–H groups in total. The molecule has 1 aromatic rings. The van der Waals surface area contributed by atoms with Crippen LogP contribution in [0.1, 0.15) is 57.3 Å². The Kier molecular flexibility index (Phi) is 8.00. The Morgan fingerprint density at radius 1 is 1.42 bits per heavy atom. The van der Waals surface area contributed by atoms with Crippen molar-refractivity contribution in [2.24, 2.45) is 11.1 Å². The minimum absolute atomic E-state index is 0.0649. The summed E-state index contributed by atoms with van der Waals surface area (Å²) in [6.07, 6.45) is 0.761. The van der Waals surface area contributed by atoms with Gasteiger partial charge < -0.3 is 15.2 Å². The van der Waals surface area contributed by atoms with Crippen LogP contribution in [-0.2, 0) is 0 Å². The average molecular weight is 357 g/mol. The summed E-state index contributed by atoms with van der Waals surface area (Å²) < 4.78 is 5.55. The molecule has 1 rings (SSSR count). The van der Waals surface area contributed by atoms with Crippen LogP contribution in [-0.4, -0.2) is 29.9 Å². The summed E-state index contributed by atoms with van der Waals surface area (Å²) in [6, 6.07) is 4.77. The number of hydrogen-bond donors (Lipinski definition) is 3. The van der Waals surface area contributed by atoms with Crippen LogP contribution in [0.4, 0.5) is 0 Å². The molecule has 0 heterocycles. The zero-order valence-electron chi connectivity index (χ0n) is 14.9. The van der Waals surface area contributed by atoms with Crippen LogP contribution in [0.2, 0.25) is 5.02 Å². The topological polar surface area (TPSA) is 84.6 Å². The Labute approximate surface area is 149 Å². The van der Waals surface area contributed by atoms with Gasteiger partial charge in [0, 0.05) is 12.1 Å². The molecule has 1 aromatic carbocycles. The van der Waals surface area contributed by atoms with Gasteiger partial charge in [0.2, 0.25) is 0 Å². The number of benzene rings is 1. The number of halogens is 1. The molecule has 0 aliphatic heterocycles. The van der Waals surface area contributed by atoms with Gasteiger partial charge >= 0.3 is 0 Å². The summed E-state index contributed by atoms with van der Waals surface area (Å²) in [5, 5.41) is 13.2. The van der Waals surface area contributed by atoms with E-state index in [4.69, 9.17) is 22.1 Å². The number of carbonyl (C=O) groups excluding carboxylic acids is 1. The molecule has 2 atom stereocenters. The molecular formula is C18H29ClN2O3. The zero-order chi connectivity index (χ0) is 18.3. The van der Waals surface area contributed by atoms with E-state index in [0.717, 1.165) is 12.8 Å². The molecule has 0 saturated carbocycles. The van der Waals surface area contributed by atoms with Crippen LogP contribution in [0.15, 0.2) is 18.2 Å². The van der Waals surface area contributed by atoms with Gasteiger partial charge in [-0.3, -0.25) is 10.5 Å². The van der Waals surface area contributed by atoms with E-state index in [2.05, 4.69) is 12.2 Å². The van der Waals surface area contributed by atoms with E-state index in [1.54, 1.807) is 18.2 Å². The molecule has 6 heteroatoms. The van der Waals surface area contributed by atoms with Gasteiger partial charge in [-0.15, -0.1) is 0 Å². The predicted octanol–water partition coefficient (Wildman–Crippen LogP) is 3.33. The number of amides is 1. The van der Waals surface area contributed by atoms with Gasteiger partial charge in [0.05, 0.1) is 5.02 Å². The average Bonchev–Trinajstić information content (AvgIpc) is 2.47. The van der Waals surface area contributed by atoms with Crippen LogP contribution < -0.4 is 15.8 Å².